The van der Waals surface area contributed by atoms with E-state index in [0.29, 0.717) is 55.2 Å². The number of nitrogens with two attached hydrogens (primary N) is 1. The molecule has 2 aliphatic rings. The van der Waals surface area contributed by atoms with Crippen LogP contribution in [-0.4, -0.2) is 42.7 Å². The van der Waals surface area contributed by atoms with E-state index in [0.717, 1.165) is 12.8 Å². The van der Waals surface area contributed by atoms with Crippen LogP contribution in [0.5, 0.6) is 0 Å². The second-order valence-electron chi connectivity index (χ2n) is 10.0. The molecule has 2 aliphatic carbocycles. The lowest BCUT2D eigenvalue weighted by molar-refractivity contribution is -0.122. The Morgan fingerprint density at radius 1 is 1.19 bits per heavy atom. The third-order valence-corrected chi connectivity index (χ3v) is 7.90. The fraction of sp³-hybridized carbons (Fsp3) is 0.520. The quantitative estimate of drug-likeness (QED) is 0.379. The van der Waals surface area contributed by atoms with Gasteiger partial charge in [0.25, 0.3) is 0 Å². The van der Waals surface area contributed by atoms with Crippen molar-refractivity contribution >= 4 is 46.3 Å². The maximum absolute atomic E-state index is 14.6. The van der Waals surface area contributed by atoms with Gasteiger partial charge in [-0.2, -0.15) is 4.98 Å². The summed E-state index contributed by atoms with van der Waals surface area (Å²) in [6, 6.07) is 4.55. The number of imidazole rings is 1. The maximum Gasteiger partial charge on any atom is 0.224 e. The van der Waals surface area contributed by atoms with Gasteiger partial charge in [-0.1, -0.05) is 24.6 Å². The molecule has 1 amide bonds. The number of rotatable bonds is 6. The number of primary amides is 1. The summed E-state index contributed by atoms with van der Waals surface area (Å²) in [5.74, 6) is 0.225. The van der Waals surface area contributed by atoms with Gasteiger partial charge in [0.1, 0.15) is 11.3 Å². The highest BCUT2D eigenvalue weighted by Gasteiger charge is 2.30. The number of aliphatic hydroxyl groups excluding tert-OH is 1. The summed E-state index contributed by atoms with van der Waals surface area (Å²) in [6.45, 7) is 2.06. The summed E-state index contributed by atoms with van der Waals surface area (Å²) in [4.78, 5) is 25.6. The summed E-state index contributed by atoms with van der Waals surface area (Å²) in [5.41, 5.74) is 6.84. The number of benzene rings is 1. The number of nitrogens with zero attached hydrogens (tertiary/aromatic N) is 4. The highest BCUT2D eigenvalue weighted by atomic mass is 35.5. The number of aromatic nitrogens is 4. The molecule has 11 heteroatoms. The van der Waals surface area contributed by atoms with Crippen LogP contribution in [-0.2, 0) is 4.79 Å². The topological polar surface area (TPSA) is 131 Å². The average molecular weight is 516 g/mol. The van der Waals surface area contributed by atoms with Crippen LogP contribution in [0, 0.1) is 17.7 Å². The number of carbonyl (C=O) groups excluding carboxylic acids is 1. The second-order valence-corrected chi connectivity index (χ2v) is 10.4. The number of para-hydroxylation sites is 1. The van der Waals surface area contributed by atoms with Crippen molar-refractivity contribution in [2.45, 2.75) is 70.1 Å². The smallest absolute Gasteiger partial charge is 0.224 e. The number of amides is 1. The van der Waals surface area contributed by atoms with Crippen molar-refractivity contribution in [3.05, 3.63) is 35.2 Å². The van der Waals surface area contributed by atoms with Crippen molar-refractivity contribution in [3.8, 4) is 0 Å². The van der Waals surface area contributed by atoms with Gasteiger partial charge in [-0.25, -0.2) is 14.4 Å². The first kappa shape index (κ1) is 24.7. The summed E-state index contributed by atoms with van der Waals surface area (Å²) in [7, 11) is 0. The van der Waals surface area contributed by atoms with Crippen LogP contribution in [0.15, 0.2) is 24.4 Å². The first-order chi connectivity index (χ1) is 17.3. The van der Waals surface area contributed by atoms with Gasteiger partial charge in [0.2, 0.25) is 17.8 Å². The van der Waals surface area contributed by atoms with Gasteiger partial charge in [-0.05, 0) is 63.0 Å². The molecule has 192 valence electrons. The molecule has 0 aliphatic heterocycles. The summed E-state index contributed by atoms with van der Waals surface area (Å²) in [6.07, 6.45) is 6.52. The monoisotopic (exact) mass is 515 g/mol. The molecule has 3 atom stereocenters. The number of anilines is 3. The van der Waals surface area contributed by atoms with E-state index in [2.05, 4.69) is 27.5 Å². The van der Waals surface area contributed by atoms with Crippen molar-refractivity contribution in [2.24, 2.45) is 17.6 Å². The van der Waals surface area contributed by atoms with E-state index in [9.17, 15) is 14.3 Å². The van der Waals surface area contributed by atoms with Crippen LogP contribution in [0.25, 0.3) is 11.2 Å². The molecule has 2 heterocycles. The average Bonchev–Trinajstić information content (AvgIpc) is 3.21. The van der Waals surface area contributed by atoms with Crippen molar-refractivity contribution < 1.29 is 14.3 Å². The first-order valence-electron chi connectivity index (χ1n) is 12.5. The molecule has 9 nitrogen and oxygen atoms in total. The molecule has 2 saturated carbocycles. The van der Waals surface area contributed by atoms with E-state index in [1.165, 1.54) is 6.07 Å². The lowest BCUT2D eigenvalue weighted by Gasteiger charge is -2.31. The number of nitrogens with one attached hydrogen (secondary N) is 2. The van der Waals surface area contributed by atoms with Crippen molar-refractivity contribution in [1.82, 2.24) is 19.5 Å². The number of halogens is 2. The molecule has 1 unspecified atom stereocenters. The molecule has 5 rings (SSSR count). The Morgan fingerprint density at radius 2 is 1.97 bits per heavy atom. The lowest BCUT2D eigenvalue weighted by atomic mass is 9.85. The van der Waals surface area contributed by atoms with Crippen LogP contribution in [0.4, 0.5) is 22.0 Å². The largest absolute Gasteiger partial charge is 0.393 e. The zero-order valence-electron chi connectivity index (χ0n) is 20.1. The minimum atomic E-state index is -0.489. The van der Waals surface area contributed by atoms with Gasteiger partial charge in [-0.3, -0.25) is 9.36 Å². The Labute approximate surface area is 213 Å². The number of hydrogen-bond acceptors (Lipinski definition) is 7. The highest BCUT2D eigenvalue weighted by molar-refractivity contribution is 6.33. The van der Waals surface area contributed by atoms with E-state index in [4.69, 9.17) is 22.3 Å². The van der Waals surface area contributed by atoms with Crippen LogP contribution in [0.2, 0.25) is 5.02 Å². The standard InChI is InChI=1S/C25H31ClFN7O2/c1-13-5-8-15(11-20(13)35)30-24-29-12-19-23(33-24)34(16-9-6-14(7-10-16)22(28)36)25(31-19)32-21-17(26)3-2-4-18(21)27/h2-4,12-16,20,35H,5-11H2,1H3,(H2,28,36)(H,31,32)(H,29,30,33)/t13-,14?,15-,16?,20?/m1/s1. The third kappa shape index (κ3) is 4.97. The van der Waals surface area contributed by atoms with E-state index >= 15 is 0 Å². The minimum Gasteiger partial charge on any atom is -0.393 e. The molecule has 0 bridgehead atoms. The van der Waals surface area contributed by atoms with E-state index in [1.807, 2.05) is 4.57 Å². The predicted molar refractivity (Wildman–Crippen MR) is 137 cm³/mol. The van der Waals surface area contributed by atoms with E-state index < -0.39 is 5.82 Å². The summed E-state index contributed by atoms with van der Waals surface area (Å²) >= 11 is 6.28. The molecule has 36 heavy (non-hydrogen) atoms. The zero-order chi connectivity index (χ0) is 25.4. The molecular formula is C25H31ClFN7O2. The Hall–Kier alpha value is -2.98. The van der Waals surface area contributed by atoms with Crippen LogP contribution >= 0.6 is 11.6 Å². The minimum absolute atomic E-state index is 0.0150. The van der Waals surface area contributed by atoms with Crippen molar-refractivity contribution in [1.29, 1.82) is 0 Å². The number of hydrogen-bond donors (Lipinski definition) is 4. The van der Waals surface area contributed by atoms with Crippen molar-refractivity contribution in [3.63, 3.8) is 0 Å². The van der Waals surface area contributed by atoms with Crippen molar-refractivity contribution in [2.75, 3.05) is 10.6 Å². The SMILES string of the molecule is C[C@@H]1CC[C@@H](Nc2ncc3nc(Nc4c(F)cccc4Cl)n(C4CCC(C(N)=O)CC4)c3n2)CC1O. The molecule has 0 saturated heterocycles. The summed E-state index contributed by atoms with van der Waals surface area (Å²) < 4.78 is 16.6. The maximum atomic E-state index is 14.6. The zero-order valence-corrected chi connectivity index (χ0v) is 20.9. The van der Waals surface area contributed by atoms with E-state index in [1.54, 1.807) is 18.3 Å². The van der Waals surface area contributed by atoms with Crippen LogP contribution in [0.1, 0.15) is 57.9 Å². The van der Waals surface area contributed by atoms with Gasteiger partial charge in [-0.15, -0.1) is 0 Å². The fourth-order valence-electron chi connectivity index (χ4n) is 5.35. The molecule has 3 aromatic rings. The first-order valence-corrected chi connectivity index (χ1v) is 12.9. The number of aliphatic hydroxyl groups is 1. The van der Waals surface area contributed by atoms with Crippen LogP contribution in [0.3, 0.4) is 0 Å². The number of carbonyl (C=O) groups is 1. The van der Waals surface area contributed by atoms with Gasteiger partial charge in [0.15, 0.2) is 5.65 Å². The van der Waals surface area contributed by atoms with E-state index in [-0.39, 0.29) is 46.6 Å². The summed E-state index contributed by atoms with van der Waals surface area (Å²) in [5, 5.41) is 17.0. The highest BCUT2D eigenvalue weighted by Crippen LogP contribution is 2.38. The third-order valence-electron chi connectivity index (χ3n) is 7.58. The number of fused-ring (bicyclic) bond motifs is 1. The van der Waals surface area contributed by atoms with Gasteiger partial charge in [0, 0.05) is 18.0 Å². The Bertz CT molecular complexity index is 1240. The second kappa shape index (κ2) is 10.2. The molecular weight excluding hydrogens is 485 g/mol. The lowest BCUT2D eigenvalue weighted by Crippen LogP contribution is -2.35. The van der Waals surface area contributed by atoms with Gasteiger partial charge < -0.3 is 21.5 Å². The molecule has 2 aromatic heterocycles. The Morgan fingerprint density at radius 3 is 2.67 bits per heavy atom. The molecule has 5 N–H and O–H groups in total. The fourth-order valence-corrected chi connectivity index (χ4v) is 5.56. The molecule has 1 aromatic carbocycles. The van der Waals surface area contributed by atoms with Gasteiger partial charge >= 0.3 is 0 Å². The molecule has 0 radical (unpaired) electrons. The molecule has 0 spiro atoms. The van der Waals surface area contributed by atoms with Crippen LogP contribution < -0.4 is 16.4 Å². The predicted octanol–water partition coefficient (Wildman–Crippen LogP) is 4.54. The Balaban J connectivity index is 1.49. The Kier molecular flexibility index (Phi) is 6.98. The molecule has 2 fully saturated rings. The van der Waals surface area contributed by atoms with Gasteiger partial charge in [0.05, 0.1) is 23.0 Å². The normalized spacial score (nSPS) is 26.6.